The molecule has 2 aliphatic rings. The van der Waals surface area contributed by atoms with Crippen LogP contribution in [-0.2, 0) is 22.4 Å². The van der Waals surface area contributed by atoms with Crippen molar-refractivity contribution in [1.82, 2.24) is 9.88 Å². The van der Waals surface area contributed by atoms with E-state index in [2.05, 4.69) is 44.0 Å². The number of piperidine rings is 1. The zero-order valence-corrected chi connectivity index (χ0v) is 18.9. The standard InChI is InChI=1S/C21H17Br2ClN2O2/c22-14-9-13-1-2-16-15(3-4-17(24)20(16)23)19(21(13)25-10-14)12-5-7-26(8-6-12)18(28)11-27/h3-4,9-11H,1-2,5-8H2. The van der Waals surface area contributed by atoms with Crippen LogP contribution in [0.4, 0.5) is 0 Å². The highest BCUT2D eigenvalue weighted by molar-refractivity contribution is 9.10. The monoisotopic (exact) mass is 522 g/mol. The summed E-state index contributed by atoms with van der Waals surface area (Å²) in [5, 5.41) is 0.703. The number of rotatable bonds is 1. The first-order valence-corrected chi connectivity index (χ1v) is 11.0. The normalized spacial score (nSPS) is 16.3. The number of aromatic nitrogens is 1. The first kappa shape index (κ1) is 19.8. The summed E-state index contributed by atoms with van der Waals surface area (Å²) in [6.07, 6.45) is 5.43. The molecular weight excluding hydrogens is 508 g/mol. The maximum absolute atomic E-state index is 11.7. The number of amides is 1. The fourth-order valence-corrected chi connectivity index (χ4v) is 5.13. The van der Waals surface area contributed by atoms with Gasteiger partial charge in [-0.05, 0) is 86.4 Å². The van der Waals surface area contributed by atoms with Gasteiger partial charge < -0.3 is 4.90 Å². The Bertz CT molecular complexity index is 1010. The number of hydrogen-bond acceptors (Lipinski definition) is 3. The SMILES string of the molecule is O=CC(=O)N1CCC(=C2c3ccc(Cl)c(Br)c3CCc3cc(Br)cnc32)CC1. The zero-order valence-electron chi connectivity index (χ0n) is 15.0. The second-order valence-electron chi connectivity index (χ2n) is 6.97. The van der Waals surface area contributed by atoms with Crippen molar-refractivity contribution in [3.8, 4) is 0 Å². The van der Waals surface area contributed by atoms with Crippen LogP contribution in [0.5, 0.6) is 0 Å². The highest BCUT2D eigenvalue weighted by Gasteiger charge is 2.27. The first-order chi connectivity index (χ1) is 13.5. The van der Waals surface area contributed by atoms with Crippen LogP contribution in [-0.4, -0.2) is 35.2 Å². The summed E-state index contributed by atoms with van der Waals surface area (Å²) in [5.41, 5.74) is 6.95. The lowest BCUT2D eigenvalue weighted by molar-refractivity contribution is -0.139. The second-order valence-corrected chi connectivity index (χ2v) is 9.09. The topological polar surface area (TPSA) is 50.3 Å². The number of benzene rings is 1. The highest BCUT2D eigenvalue weighted by Crippen LogP contribution is 2.42. The van der Waals surface area contributed by atoms with E-state index in [-0.39, 0.29) is 0 Å². The van der Waals surface area contributed by atoms with Gasteiger partial charge in [-0.25, -0.2) is 0 Å². The van der Waals surface area contributed by atoms with Crippen LogP contribution < -0.4 is 0 Å². The van der Waals surface area contributed by atoms with Gasteiger partial charge in [0, 0.05) is 33.8 Å². The minimum atomic E-state index is -0.442. The number of aldehydes is 1. The molecule has 0 radical (unpaired) electrons. The van der Waals surface area contributed by atoms with Crippen LogP contribution in [0.25, 0.3) is 5.57 Å². The molecule has 0 atom stereocenters. The van der Waals surface area contributed by atoms with Crippen LogP contribution in [0.3, 0.4) is 0 Å². The van der Waals surface area contributed by atoms with Gasteiger partial charge in [0.15, 0.2) is 0 Å². The van der Waals surface area contributed by atoms with E-state index in [1.807, 2.05) is 12.3 Å². The predicted octanol–water partition coefficient (Wildman–Crippen LogP) is 4.98. The van der Waals surface area contributed by atoms with Gasteiger partial charge in [0.1, 0.15) is 0 Å². The van der Waals surface area contributed by atoms with Crippen LogP contribution in [0, 0.1) is 0 Å². The van der Waals surface area contributed by atoms with Gasteiger partial charge in [0.25, 0.3) is 5.91 Å². The van der Waals surface area contributed by atoms with Crippen LogP contribution >= 0.6 is 43.5 Å². The number of pyridine rings is 1. The molecular formula is C21H17Br2ClN2O2. The molecule has 0 bridgehead atoms. The average Bonchev–Trinajstić information content (AvgIpc) is 2.87. The minimum Gasteiger partial charge on any atom is -0.336 e. The number of carbonyl (C=O) groups excluding carboxylic acids is 2. The van der Waals surface area contributed by atoms with Crippen LogP contribution in [0.15, 0.2) is 38.9 Å². The predicted molar refractivity (Wildman–Crippen MR) is 116 cm³/mol. The molecule has 2 aromatic rings. The lowest BCUT2D eigenvalue weighted by Crippen LogP contribution is -2.37. The third-order valence-corrected chi connectivity index (χ3v) is 7.30. The van der Waals surface area contributed by atoms with Gasteiger partial charge in [-0.3, -0.25) is 14.6 Å². The average molecular weight is 525 g/mol. The Labute approximate surface area is 185 Å². The van der Waals surface area contributed by atoms with E-state index in [1.165, 1.54) is 16.7 Å². The van der Waals surface area contributed by atoms with E-state index in [9.17, 15) is 9.59 Å². The Hall–Kier alpha value is -1.50. The van der Waals surface area contributed by atoms with Crippen molar-refractivity contribution in [1.29, 1.82) is 0 Å². The summed E-state index contributed by atoms with van der Waals surface area (Å²) in [5.74, 6) is -0.442. The lowest BCUT2D eigenvalue weighted by atomic mass is 9.88. The second kappa shape index (κ2) is 8.09. The minimum absolute atomic E-state index is 0.395. The molecule has 28 heavy (non-hydrogen) atoms. The quantitative estimate of drug-likeness (QED) is 0.391. The lowest BCUT2D eigenvalue weighted by Gasteiger charge is -2.29. The Morgan fingerprint density at radius 3 is 2.61 bits per heavy atom. The van der Waals surface area contributed by atoms with E-state index in [0.717, 1.165) is 51.5 Å². The number of fused-ring (bicyclic) bond motifs is 2. The third kappa shape index (κ3) is 3.58. The zero-order chi connectivity index (χ0) is 19.8. The molecule has 0 spiro atoms. The van der Waals surface area contributed by atoms with Crippen molar-refractivity contribution in [2.24, 2.45) is 0 Å². The summed E-state index contributed by atoms with van der Waals surface area (Å²) in [6.45, 7) is 1.10. The molecule has 4 nitrogen and oxygen atoms in total. The van der Waals surface area contributed by atoms with Gasteiger partial charge in [-0.1, -0.05) is 23.2 Å². The molecule has 4 rings (SSSR count). The van der Waals surface area contributed by atoms with E-state index in [0.29, 0.717) is 24.4 Å². The van der Waals surface area contributed by atoms with Gasteiger partial charge in [-0.15, -0.1) is 0 Å². The fraction of sp³-hybridized carbons (Fsp3) is 0.286. The highest BCUT2D eigenvalue weighted by atomic mass is 79.9. The molecule has 1 aliphatic heterocycles. The first-order valence-electron chi connectivity index (χ1n) is 9.07. The third-order valence-electron chi connectivity index (χ3n) is 5.41. The van der Waals surface area contributed by atoms with Gasteiger partial charge in [0.2, 0.25) is 6.29 Å². The summed E-state index contributed by atoms with van der Waals surface area (Å²) in [6, 6.07) is 6.13. The van der Waals surface area contributed by atoms with Crippen LogP contribution in [0.2, 0.25) is 5.02 Å². The van der Waals surface area contributed by atoms with Crippen molar-refractivity contribution < 1.29 is 9.59 Å². The molecule has 1 amide bonds. The van der Waals surface area contributed by atoms with Crippen molar-refractivity contribution >= 4 is 61.2 Å². The Morgan fingerprint density at radius 1 is 1.14 bits per heavy atom. The molecule has 1 aromatic carbocycles. The maximum atomic E-state index is 11.7. The summed E-state index contributed by atoms with van der Waals surface area (Å²) in [7, 11) is 0. The van der Waals surface area contributed by atoms with Crippen molar-refractivity contribution in [3.63, 3.8) is 0 Å². The molecule has 0 unspecified atom stereocenters. The van der Waals surface area contributed by atoms with Crippen LogP contribution in [0.1, 0.15) is 35.2 Å². The molecule has 1 fully saturated rings. The number of hydrogen-bond donors (Lipinski definition) is 0. The van der Waals surface area contributed by atoms with Gasteiger partial charge in [-0.2, -0.15) is 0 Å². The fourth-order valence-electron chi connectivity index (χ4n) is 4.03. The number of nitrogens with zero attached hydrogens (tertiary/aromatic N) is 2. The van der Waals surface area contributed by atoms with Crippen molar-refractivity contribution in [2.45, 2.75) is 25.7 Å². The van der Waals surface area contributed by atoms with Crippen molar-refractivity contribution in [2.75, 3.05) is 13.1 Å². The smallest absolute Gasteiger partial charge is 0.286 e. The molecule has 2 heterocycles. The molecule has 1 aromatic heterocycles. The molecule has 7 heteroatoms. The molecule has 0 N–H and O–H groups in total. The van der Waals surface area contributed by atoms with E-state index < -0.39 is 5.91 Å². The maximum Gasteiger partial charge on any atom is 0.286 e. The summed E-state index contributed by atoms with van der Waals surface area (Å²) >= 11 is 13.6. The molecule has 1 saturated heterocycles. The van der Waals surface area contributed by atoms with E-state index in [4.69, 9.17) is 16.6 Å². The number of halogens is 3. The summed E-state index contributed by atoms with van der Waals surface area (Å²) < 4.78 is 1.90. The largest absolute Gasteiger partial charge is 0.336 e. The number of aryl methyl sites for hydroxylation is 1. The Balaban J connectivity index is 1.87. The molecule has 1 aliphatic carbocycles. The van der Waals surface area contributed by atoms with E-state index >= 15 is 0 Å². The molecule has 144 valence electrons. The van der Waals surface area contributed by atoms with Crippen molar-refractivity contribution in [3.05, 3.63) is 66.3 Å². The van der Waals surface area contributed by atoms with Gasteiger partial charge >= 0.3 is 0 Å². The number of likely N-dealkylation sites (tertiary alicyclic amines) is 1. The Kier molecular flexibility index (Phi) is 5.72. The van der Waals surface area contributed by atoms with E-state index in [1.54, 1.807) is 4.90 Å². The Morgan fingerprint density at radius 2 is 1.89 bits per heavy atom. The van der Waals surface area contributed by atoms with Gasteiger partial charge in [0.05, 0.1) is 10.7 Å². The number of carbonyl (C=O) groups is 2. The molecule has 0 saturated carbocycles. The summed E-state index contributed by atoms with van der Waals surface area (Å²) in [4.78, 5) is 28.9.